The third-order valence-corrected chi connectivity index (χ3v) is 2.91. The van der Waals surface area contributed by atoms with Crippen molar-refractivity contribution in [1.82, 2.24) is 4.57 Å². The maximum atomic E-state index is 13.4. The number of nitrogens with zero attached hydrogens (tertiary/aromatic N) is 1. The van der Waals surface area contributed by atoms with Crippen molar-refractivity contribution in [3.05, 3.63) is 45.8 Å². The zero-order valence-electron chi connectivity index (χ0n) is 11.0. The average molecular weight is 281 g/mol. The quantitative estimate of drug-likeness (QED) is 0.940. The number of fused-ring (bicyclic) bond motifs is 1. The van der Waals surface area contributed by atoms with Gasteiger partial charge in [-0.05, 0) is 12.0 Å². The van der Waals surface area contributed by atoms with E-state index in [4.69, 9.17) is 5.11 Å². The largest absolute Gasteiger partial charge is 0.477 e. The Labute approximate surface area is 113 Å². The number of carbonyl (C=O) groups is 1. The number of rotatable bonds is 3. The SMILES string of the molecule is CC(C)Cn1cc(C(=O)O)c(=O)c2cc(F)c(F)cc21. The fourth-order valence-corrected chi connectivity index (χ4v) is 2.08. The van der Waals surface area contributed by atoms with Gasteiger partial charge in [0.15, 0.2) is 11.6 Å². The van der Waals surface area contributed by atoms with Crippen molar-refractivity contribution >= 4 is 16.9 Å². The molecule has 106 valence electrons. The Morgan fingerprint density at radius 2 is 1.90 bits per heavy atom. The van der Waals surface area contributed by atoms with Gasteiger partial charge in [0.1, 0.15) is 5.56 Å². The molecule has 0 spiro atoms. The monoisotopic (exact) mass is 281 g/mol. The van der Waals surface area contributed by atoms with E-state index in [1.165, 1.54) is 10.8 Å². The van der Waals surface area contributed by atoms with Crippen LogP contribution in [0.25, 0.3) is 10.9 Å². The molecule has 0 saturated heterocycles. The second-order valence-electron chi connectivity index (χ2n) is 5.01. The first-order chi connectivity index (χ1) is 9.31. The zero-order chi connectivity index (χ0) is 15.0. The van der Waals surface area contributed by atoms with Crippen LogP contribution in [0.15, 0.2) is 23.1 Å². The third-order valence-electron chi connectivity index (χ3n) is 2.91. The third kappa shape index (κ3) is 2.41. The lowest BCUT2D eigenvalue weighted by atomic mass is 10.1. The number of aromatic nitrogens is 1. The minimum Gasteiger partial charge on any atom is -0.477 e. The molecule has 0 unspecified atom stereocenters. The van der Waals surface area contributed by atoms with Gasteiger partial charge in [-0.3, -0.25) is 4.79 Å². The van der Waals surface area contributed by atoms with Gasteiger partial charge in [0.2, 0.25) is 5.43 Å². The molecule has 1 aromatic heterocycles. The van der Waals surface area contributed by atoms with Crippen molar-refractivity contribution in [1.29, 1.82) is 0 Å². The Morgan fingerprint density at radius 1 is 1.30 bits per heavy atom. The van der Waals surface area contributed by atoms with E-state index in [9.17, 15) is 18.4 Å². The molecule has 0 aliphatic heterocycles. The number of aromatic carboxylic acids is 1. The number of hydrogen-bond acceptors (Lipinski definition) is 2. The van der Waals surface area contributed by atoms with Crippen LogP contribution in [0.3, 0.4) is 0 Å². The fraction of sp³-hybridized carbons (Fsp3) is 0.286. The normalized spacial score (nSPS) is 11.2. The second-order valence-corrected chi connectivity index (χ2v) is 5.01. The molecule has 0 aliphatic carbocycles. The van der Waals surface area contributed by atoms with Crippen LogP contribution in [0.1, 0.15) is 24.2 Å². The summed E-state index contributed by atoms with van der Waals surface area (Å²) in [5.74, 6) is -3.49. The lowest BCUT2D eigenvalue weighted by molar-refractivity contribution is 0.0694. The molecule has 0 saturated carbocycles. The number of carboxylic acid groups (broad SMARTS) is 1. The van der Waals surface area contributed by atoms with Gasteiger partial charge in [-0.2, -0.15) is 0 Å². The van der Waals surface area contributed by atoms with Crippen LogP contribution in [-0.2, 0) is 6.54 Å². The summed E-state index contributed by atoms with van der Waals surface area (Å²) in [6.45, 7) is 4.18. The van der Waals surface area contributed by atoms with E-state index in [2.05, 4.69) is 0 Å². The van der Waals surface area contributed by atoms with E-state index in [1.807, 2.05) is 13.8 Å². The van der Waals surface area contributed by atoms with Crippen LogP contribution in [-0.4, -0.2) is 15.6 Å². The molecule has 4 nitrogen and oxygen atoms in total. The lowest BCUT2D eigenvalue weighted by Gasteiger charge is -2.14. The minimum atomic E-state index is -1.39. The van der Waals surface area contributed by atoms with Gasteiger partial charge in [-0.15, -0.1) is 0 Å². The van der Waals surface area contributed by atoms with E-state index < -0.39 is 28.6 Å². The molecule has 2 rings (SSSR count). The highest BCUT2D eigenvalue weighted by atomic mass is 19.2. The topological polar surface area (TPSA) is 59.3 Å². The van der Waals surface area contributed by atoms with Crippen molar-refractivity contribution in [2.75, 3.05) is 0 Å². The molecule has 0 atom stereocenters. The Kier molecular flexibility index (Phi) is 3.57. The van der Waals surface area contributed by atoms with Crippen molar-refractivity contribution in [2.24, 2.45) is 5.92 Å². The summed E-state index contributed by atoms with van der Waals surface area (Å²) < 4.78 is 28.1. The molecule has 0 aliphatic rings. The molecule has 1 N–H and O–H groups in total. The predicted molar refractivity (Wildman–Crippen MR) is 69.9 cm³/mol. The molecule has 6 heteroatoms. The summed E-state index contributed by atoms with van der Waals surface area (Å²) in [5, 5.41) is 8.89. The van der Waals surface area contributed by atoms with Crippen molar-refractivity contribution in [3.63, 3.8) is 0 Å². The summed E-state index contributed by atoms with van der Waals surface area (Å²) in [4.78, 5) is 23.1. The standard InChI is InChI=1S/C14H13F2NO3/c1-7(2)5-17-6-9(14(19)20)13(18)8-3-10(15)11(16)4-12(8)17/h3-4,6-7H,5H2,1-2H3,(H,19,20). The number of benzene rings is 1. The first-order valence-corrected chi connectivity index (χ1v) is 6.06. The highest BCUT2D eigenvalue weighted by molar-refractivity contribution is 5.92. The van der Waals surface area contributed by atoms with Crippen LogP contribution in [0.2, 0.25) is 0 Å². The van der Waals surface area contributed by atoms with E-state index >= 15 is 0 Å². The molecular formula is C14H13F2NO3. The number of pyridine rings is 1. The molecule has 0 amide bonds. The molecular weight excluding hydrogens is 268 g/mol. The van der Waals surface area contributed by atoms with E-state index in [1.54, 1.807) is 0 Å². The smallest absolute Gasteiger partial charge is 0.341 e. The average Bonchev–Trinajstić information content (AvgIpc) is 2.34. The number of halogens is 2. The maximum absolute atomic E-state index is 13.4. The van der Waals surface area contributed by atoms with Crippen molar-refractivity contribution < 1.29 is 18.7 Å². The summed E-state index contributed by atoms with van der Waals surface area (Å²) in [6, 6.07) is 1.66. The van der Waals surface area contributed by atoms with Crippen molar-refractivity contribution in [3.8, 4) is 0 Å². The molecule has 1 heterocycles. The van der Waals surface area contributed by atoms with Gasteiger partial charge >= 0.3 is 5.97 Å². The van der Waals surface area contributed by atoms with Gasteiger partial charge < -0.3 is 9.67 Å². The Balaban J connectivity index is 2.89. The molecule has 2 aromatic rings. The summed E-state index contributed by atoms with van der Waals surface area (Å²) in [6.07, 6.45) is 1.17. The highest BCUT2D eigenvalue weighted by Crippen LogP contribution is 2.18. The number of carboxylic acids is 1. The summed E-state index contributed by atoms with van der Waals surface area (Å²) in [5.41, 5.74) is -1.08. The summed E-state index contributed by atoms with van der Waals surface area (Å²) in [7, 11) is 0. The van der Waals surface area contributed by atoms with E-state index in [0.717, 1.165) is 12.1 Å². The Morgan fingerprint density at radius 3 is 2.45 bits per heavy atom. The Hall–Kier alpha value is -2.24. The maximum Gasteiger partial charge on any atom is 0.341 e. The fourth-order valence-electron chi connectivity index (χ4n) is 2.08. The predicted octanol–water partition coefficient (Wildman–Crippen LogP) is 2.63. The zero-order valence-corrected chi connectivity index (χ0v) is 11.0. The van der Waals surface area contributed by atoms with Gasteiger partial charge in [0.05, 0.1) is 5.52 Å². The van der Waals surface area contributed by atoms with Crippen LogP contribution in [0, 0.1) is 17.6 Å². The highest BCUT2D eigenvalue weighted by Gasteiger charge is 2.17. The molecule has 0 bridgehead atoms. The van der Waals surface area contributed by atoms with Crippen LogP contribution >= 0.6 is 0 Å². The van der Waals surface area contributed by atoms with Crippen LogP contribution in [0.5, 0.6) is 0 Å². The second kappa shape index (κ2) is 5.03. The first-order valence-electron chi connectivity index (χ1n) is 6.06. The van der Waals surface area contributed by atoms with Crippen LogP contribution in [0.4, 0.5) is 8.78 Å². The molecule has 0 fully saturated rings. The molecule has 1 aromatic carbocycles. The van der Waals surface area contributed by atoms with Gasteiger partial charge in [-0.25, -0.2) is 13.6 Å². The lowest BCUT2D eigenvalue weighted by Crippen LogP contribution is -2.20. The van der Waals surface area contributed by atoms with Crippen molar-refractivity contribution in [2.45, 2.75) is 20.4 Å². The number of hydrogen-bond donors (Lipinski definition) is 1. The van der Waals surface area contributed by atoms with Gasteiger partial charge in [0, 0.05) is 24.2 Å². The molecule has 20 heavy (non-hydrogen) atoms. The summed E-state index contributed by atoms with van der Waals surface area (Å²) >= 11 is 0. The van der Waals surface area contributed by atoms with E-state index in [-0.39, 0.29) is 16.8 Å². The van der Waals surface area contributed by atoms with E-state index in [0.29, 0.717) is 6.54 Å². The Bertz CT molecular complexity index is 750. The van der Waals surface area contributed by atoms with Gasteiger partial charge in [-0.1, -0.05) is 13.8 Å². The van der Waals surface area contributed by atoms with Crippen LogP contribution < -0.4 is 5.43 Å². The minimum absolute atomic E-state index is 0.135. The molecule has 0 radical (unpaired) electrons. The van der Waals surface area contributed by atoms with Gasteiger partial charge in [0.25, 0.3) is 0 Å². The first kappa shape index (κ1) is 14.2.